The first-order valence-electron chi connectivity index (χ1n) is 11.1. The lowest BCUT2D eigenvalue weighted by atomic mass is 10.0. The summed E-state index contributed by atoms with van der Waals surface area (Å²) in [6.45, 7) is 6.83. The molecule has 1 atom stereocenters. The van der Waals surface area contributed by atoms with Crippen molar-refractivity contribution in [3.63, 3.8) is 0 Å². The molecule has 0 spiro atoms. The zero-order valence-electron chi connectivity index (χ0n) is 18.4. The van der Waals surface area contributed by atoms with Gasteiger partial charge in [0.2, 0.25) is 12.7 Å². The number of benzene rings is 2. The first-order chi connectivity index (χ1) is 15.2. The average Bonchev–Trinajstić information content (AvgIpc) is 3.28. The van der Waals surface area contributed by atoms with Gasteiger partial charge in [0.1, 0.15) is 11.8 Å². The molecule has 0 unspecified atom stereocenters. The van der Waals surface area contributed by atoms with Crippen molar-refractivity contribution in [1.29, 1.82) is 0 Å². The summed E-state index contributed by atoms with van der Waals surface area (Å²) >= 11 is 0. The summed E-state index contributed by atoms with van der Waals surface area (Å²) in [5.41, 5.74) is 2.39. The highest BCUT2D eigenvalue weighted by Crippen LogP contribution is 2.33. The lowest BCUT2D eigenvalue weighted by Crippen LogP contribution is -3.15. The lowest BCUT2D eigenvalue weighted by Gasteiger charge is -2.38. The van der Waals surface area contributed by atoms with Gasteiger partial charge in [-0.25, -0.2) is 0 Å². The number of methoxy groups -OCH3 is 1. The third kappa shape index (κ3) is 5.05. The normalized spacial score (nSPS) is 16.8. The Balaban J connectivity index is 1.45. The van der Waals surface area contributed by atoms with E-state index in [9.17, 15) is 4.79 Å². The molecule has 31 heavy (non-hydrogen) atoms. The fourth-order valence-corrected chi connectivity index (χ4v) is 4.35. The highest BCUT2D eigenvalue weighted by molar-refractivity contribution is 5.75. The monoisotopic (exact) mass is 426 g/mol. The van der Waals surface area contributed by atoms with Crippen LogP contribution >= 0.6 is 0 Å². The van der Waals surface area contributed by atoms with Gasteiger partial charge in [0.15, 0.2) is 11.5 Å². The Morgan fingerprint density at radius 1 is 1.13 bits per heavy atom. The van der Waals surface area contributed by atoms with Gasteiger partial charge in [-0.15, -0.1) is 0 Å². The number of hydrogen-bond acceptors (Lipinski definition) is 5. The van der Waals surface area contributed by atoms with Crippen molar-refractivity contribution in [2.24, 2.45) is 0 Å². The molecule has 7 nitrogen and oxygen atoms in total. The topological polar surface area (TPSA) is 64.5 Å². The highest BCUT2D eigenvalue weighted by Gasteiger charge is 2.30. The maximum absolute atomic E-state index is 12.2. The molecule has 1 amide bonds. The van der Waals surface area contributed by atoms with E-state index in [1.165, 1.54) is 16.2 Å². The number of quaternary nitrogens is 1. The molecule has 0 radical (unpaired) electrons. The van der Waals surface area contributed by atoms with Gasteiger partial charge in [-0.05, 0) is 48.9 Å². The molecule has 0 aromatic heterocycles. The highest BCUT2D eigenvalue weighted by atomic mass is 16.7. The van der Waals surface area contributed by atoms with Gasteiger partial charge in [0.25, 0.3) is 0 Å². The summed E-state index contributed by atoms with van der Waals surface area (Å²) < 4.78 is 16.3. The van der Waals surface area contributed by atoms with Crippen LogP contribution in [0.15, 0.2) is 42.5 Å². The van der Waals surface area contributed by atoms with Crippen LogP contribution in [0, 0.1) is 0 Å². The van der Waals surface area contributed by atoms with Crippen molar-refractivity contribution < 1.29 is 23.9 Å². The number of carbonyl (C=O) groups is 1. The van der Waals surface area contributed by atoms with E-state index in [-0.39, 0.29) is 18.7 Å². The number of nitrogens with zero attached hydrogens (tertiary/aromatic N) is 1. The van der Waals surface area contributed by atoms with Gasteiger partial charge in [0, 0.05) is 17.7 Å². The smallest absolute Gasteiger partial charge is 0.231 e. The minimum atomic E-state index is 0.115. The zero-order valence-corrected chi connectivity index (χ0v) is 18.4. The number of nitrogens with one attached hydrogen (secondary N) is 2. The summed E-state index contributed by atoms with van der Waals surface area (Å²) in [5.74, 6) is 2.57. The number of carbonyl (C=O) groups excluding carboxylic acids is 1. The predicted octanol–water partition coefficient (Wildman–Crippen LogP) is 1.79. The number of amides is 1. The Kier molecular flexibility index (Phi) is 6.82. The third-order valence-corrected chi connectivity index (χ3v) is 6.12. The largest absolute Gasteiger partial charge is 0.497 e. The summed E-state index contributed by atoms with van der Waals surface area (Å²) in [4.78, 5) is 16.0. The second kappa shape index (κ2) is 9.92. The summed E-state index contributed by atoms with van der Waals surface area (Å²) in [6, 6.07) is 14.6. The van der Waals surface area contributed by atoms with Crippen LogP contribution in [0.4, 0.5) is 5.69 Å². The Morgan fingerprint density at radius 2 is 1.87 bits per heavy atom. The number of piperazine rings is 1. The molecule has 0 aliphatic carbocycles. The number of anilines is 1. The first kappa shape index (κ1) is 21.3. The zero-order chi connectivity index (χ0) is 21.6. The second-order valence-electron chi connectivity index (χ2n) is 8.06. The van der Waals surface area contributed by atoms with Gasteiger partial charge in [-0.1, -0.05) is 6.92 Å². The van der Waals surface area contributed by atoms with Crippen LogP contribution in [0.3, 0.4) is 0 Å². The van der Waals surface area contributed by atoms with Crippen LogP contribution in [-0.4, -0.2) is 52.5 Å². The molecular formula is C24H32N3O4+. The van der Waals surface area contributed by atoms with Gasteiger partial charge in [-0.2, -0.15) is 0 Å². The molecule has 2 heterocycles. The van der Waals surface area contributed by atoms with E-state index >= 15 is 0 Å². The van der Waals surface area contributed by atoms with Gasteiger partial charge < -0.3 is 29.3 Å². The Labute approximate surface area is 183 Å². The minimum absolute atomic E-state index is 0.115. The Morgan fingerprint density at radius 3 is 2.58 bits per heavy atom. The van der Waals surface area contributed by atoms with Crippen LogP contribution in [0.1, 0.15) is 31.4 Å². The molecule has 7 heteroatoms. The number of fused-ring (bicyclic) bond motifs is 1. The lowest BCUT2D eigenvalue weighted by molar-refractivity contribution is -0.931. The van der Waals surface area contributed by atoms with E-state index in [4.69, 9.17) is 14.2 Å². The first-order valence-corrected chi connectivity index (χ1v) is 11.1. The fraction of sp³-hybridized carbons (Fsp3) is 0.458. The van der Waals surface area contributed by atoms with Crippen molar-refractivity contribution in [3.8, 4) is 17.2 Å². The van der Waals surface area contributed by atoms with E-state index in [0.717, 1.165) is 49.8 Å². The van der Waals surface area contributed by atoms with Crippen LogP contribution in [0.5, 0.6) is 17.2 Å². The van der Waals surface area contributed by atoms with Gasteiger partial charge >= 0.3 is 0 Å². The van der Waals surface area contributed by atoms with Crippen LogP contribution in [0.2, 0.25) is 0 Å². The van der Waals surface area contributed by atoms with Crippen molar-refractivity contribution in [2.75, 3.05) is 51.5 Å². The SMILES string of the molecule is CCCC(=O)NC[C@@H](c1ccc2c(c1)OCO2)[NH+]1CCN(c2ccc(OC)cc2)CC1. The van der Waals surface area contributed by atoms with E-state index < -0.39 is 0 Å². The van der Waals surface area contributed by atoms with E-state index in [0.29, 0.717) is 13.0 Å². The van der Waals surface area contributed by atoms with Gasteiger partial charge in [-0.3, -0.25) is 4.79 Å². The van der Waals surface area contributed by atoms with Crippen molar-refractivity contribution in [3.05, 3.63) is 48.0 Å². The molecule has 2 N–H and O–H groups in total. The maximum atomic E-state index is 12.2. The molecule has 2 aromatic rings. The number of ether oxygens (including phenoxy) is 3. The number of hydrogen-bond donors (Lipinski definition) is 2. The minimum Gasteiger partial charge on any atom is -0.497 e. The van der Waals surface area contributed by atoms with E-state index in [1.54, 1.807) is 7.11 Å². The van der Waals surface area contributed by atoms with Crippen LogP contribution in [-0.2, 0) is 4.79 Å². The molecule has 2 aliphatic heterocycles. The van der Waals surface area contributed by atoms with Crippen LogP contribution in [0.25, 0.3) is 0 Å². The van der Waals surface area contributed by atoms with E-state index in [1.807, 2.05) is 25.1 Å². The molecule has 2 aromatic carbocycles. The molecule has 0 bridgehead atoms. The Hall–Kier alpha value is -2.93. The van der Waals surface area contributed by atoms with Gasteiger partial charge in [0.05, 0.1) is 39.8 Å². The predicted molar refractivity (Wildman–Crippen MR) is 119 cm³/mol. The standard InChI is InChI=1S/C24H31N3O4/c1-3-4-24(28)25-16-21(18-5-10-22-23(15-18)31-17-30-22)27-13-11-26(12-14-27)19-6-8-20(29-2)9-7-19/h5-10,15,21H,3-4,11-14,16-17H2,1-2H3,(H,25,28)/p+1/t21-/m0/s1. The summed E-state index contributed by atoms with van der Waals surface area (Å²) in [5, 5.41) is 3.14. The second-order valence-corrected chi connectivity index (χ2v) is 8.06. The molecule has 1 saturated heterocycles. The molecule has 166 valence electrons. The Bertz CT molecular complexity index is 879. The fourth-order valence-electron chi connectivity index (χ4n) is 4.35. The van der Waals surface area contributed by atoms with Crippen molar-refractivity contribution in [2.45, 2.75) is 25.8 Å². The van der Waals surface area contributed by atoms with E-state index in [2.05, 4.69) is 34.5 Å². The summed E-state index contributed by atoms with van der Waals surface area (Å²) in [7, 11) is 1.69. The molecule has 4 rings (SSSR count). The summed E-state index contributed by atoms with van der Waals surface area (Å²) in [6.07, 6.45) is 1.42. The van der Waals surface area contributed by atoms with Crippen molar-refractivity contribution in [1.82, 2.24) is 5.32 Å². The van der Waals surface area contributed by atoms with Crippen molar-refractivity contribution >= 4 is 11.6 Å². The molecule has 1 fully saturated rings. The third-order valence-electron chi connectivity index (χ3n) is 6.12. The molecule has 2 aliphatic rings. The average molecular weight is 427 g/mol. The number of rotatable bonds is 8. The molecule has 0 saturated carbocycles. The molecular weight excluding hydrogens is 394 g/mol. The van der Waals surface area contributed by atoms with Crippen LogP contribution < -0.4 is 29.3 Å². The quantitative estimate of drug-likeness (QED) is 0.674. The maximum Gasteiger partial charge on any atom is 0.231 e.